The van der Waals surface area contributed by atoms with Gasteiger partial charge in [0.1, 0.15) is 0 Å². The molecular formula is C8H12O2S. The first kappa shape index (κ1) is 6.61. The summed E-state index contributed by atoms with van der Waals surface area (Å²) < 4.78 is 17.0. The third-order valence-electron chi connectivity index (χ3n) is 3.67. The van der Waals surface area contributed by atoms with Gasteiger partial charge >= 0.3 is 0 Å². The molecule has 11 heavy (non-hydrogen) atoms. The lowest BCUT2D eigenvalue weighted by molar-refractivity contribution is 0.189. The number of hydrogen-bond acceptors (Lipinski definition) is 2. The Balaban J connectivity index is 2.11. The van der Waals surface area contributed by atoms with Crippen LogP contribution in [0.2, 0.25) is 0 Å². The van der Waals surface area contributed by atoms with Crippen LogP contribution in [0.25, 0.3) is 0 Å². The number of rotatable bonds is 0. The molecule has 0 aromatic carbocycles. The molecule has 1 heterocycles. The van der Waals surface area contributed by atoms with Crippen LogP contribution in [0.3, 0.4) is 0 Å². The zero-order valence-electron chi connectivity index (χ0n) is 6.58. The largest absolute Gasteiger partial charge is 0.286 e. The van der Waals surface area contributed by atoms with Crippen LogP contribution < -0.4 is 0 Å². The lowest BCUT2D eigenvalue weighted by Crippen LogP contribution is -2.32. The predicted octanol–water partition coefficient (Wildman–Crippen LogP) is 1.24. The van der Waals surface area contributed by atoms with Gasteiger partial charge in [-0.2, -0.15) is 0 Å². The third-order valence-corrected chi connectivity index (χ3v) is 5.32. The summed E-state index contributed by atoms with van der Waals surface area (Å²) in [4.78, 5) is 0. The summed E-state index contributed by atoms with van der Waals surface area (Å²) in [5.41, 5.74) is 0. The normalized spacial score (nSPS) is 65.9. The average Bonchev–Trinajstić information content (AvgIpc) is 2.45. The van der Waals surface area contributed by atoms with Crippen molar-refractivity contribution in [2.24, 2.45) is 11.8 Å². The minimum absolute atomic E-state index is 0.0353. The topological polar surface area (TPSA) is 26.3 Å². The Morgan fingerprint density at radius 2 is 2.36 bits per heavy atom. The fraction of sp³-hybridized carbons (Fsp3) is 1.00. The van der Waals surface area contributed by atoms with E-state index in [2.05, 4.69) is 6.92 Å². The average molecular weight is 172 g/mol. The molecule has 2 aliphatic carbocycles. The number of hydrogen-bond donors (Lipinski definition) is 0. The van der Waals surface area contributed by atoms with E-state index in [0.717, 1.165) is 12.3 Å². The first-order chi connectivity index (χ1) is 5.20. The van der Waals surface area contributed by atoms with Crippen LogP contribution in [0.5, 0.6) is 0 Å². The summed E-state index contributed by atoms with van der Waals surface area (Å²) in [6, 6.07) is 0. The fourth-order valence-electron chi connectivity index (χ4n) is 3.15. The fourth-order valence-corrected chi connectivity index (χ4v) is 4.68. The molecule has 2 saturated carbocycles. The molecule has 0 amide bonds. The molecule has 0 aromatic rings. The summed E-state index contributed by atoms with van der Waals surface area (Å²) in [6.45, 7) is 2.13. The van der Waals surface area contributed by atoms with E-state index in [4.69, 9.17) is 4.18 Å². The van der Waals surface area contributed by atoms with Gasteiger partial charge in [0, 0.05) is 5.92 Å². The Hall–Kier alpha value is 0.110. The first-order valence-corrected chi connectivity index (χ1v) is 5.36. The van der Waals surface area contributed by atoms with Crippen LogP contribution in [0.15, 0.2) is 0 Å². The van der Waals surface area contributed by atoms with E-state index in [-0.39, 0.29) is 4.75 Å². The molecule has 2 nitrogen and oxygen atoms in total. The summed E-state index contributed by atoms with van der Waals surface area (Å²) in [7, 11) is 0. The molecule has 0 N–H and O–H groups in total. The van der Waals surface area contributed by atoms with Crippen LogP contribution >= 0.6 is 0 Å². The van der Waals surface area contributed by atoms with Crippen LogP contribution in [0.4, 0.5) is 0 Å². The molecule has 3 fully saturated rings. The molecule has 0 spiro atoms. The van der Waals surface area contributed by atoms with Gasteiger partial charge < -0.3 is 0 Å². The maximum atomic E-state index is 11.5. The summed E-state index contributed by atoms with van der Waals surface area (Å²) in [6.07, 6.45) is 3.93. The Bertz CT molecular complexity index is 240. The van der Waals surface area contributed by atoms with Gasteiger partial charge in [0.2, 0.25) is 0 Å². The lowest BCUT2D eigenvalue weighted by atomic mass is 9.87. The minimum Gasteiger partial charge on any atom is -0.286 e. The Kier molecular flexibility index (Phi) is 1.03. The van der Waals surface area contributed by atoms with Gasteiger partial charge in [0.25, 0.3) is 0 Å². The zero-order valence-corrected chi connectivity index (χ0v) is 7.39. The molecule has 0 radical (unpaired) electrons. The van der Waals surface area contributed by atoms with Crippen molar-refractivity contribution >= 4 is 11.1 Å². The molecule has 3 heteroatoms. The van der Waals surface area contributed by atoms with Gasteiger partial charge in [-0.05, 0) is 32.1 Å². The highest BCUT2D eigenvalue weighted by Crippen LogP contribution is 2.59. The van der Waals surface area contributed by atoms with E-state index >= 15 is 0 Å². The van der Waals surface area contributed by atoms with E-state index in [0.29, 0.717) is 12.0 Å². The van der Waals surface area contributed by atoms with Gasteiger partial charge in [-0.1, -0.05) is 0 Å². The highest BCUT2D eigenvalue weighted by molar-refractivity contribution is 7.82. The monoisotopic (exact) mass is 172 g/mol. The molecule has 2 bridgehead atoms. The lowest BCUT2D eigenvalue weighted by Gasteiger charge is -2.23. The predicted molar refractivity (Wildman–Crippen MR) is 42.3 cm³/mol. The smallest absolute Gasteiger partial charge is 0.162 e. The molecule has 5 unspecified atom stereocenters. The van der Waals surface area contributed by atoms with E-state index in [1.54, 1.807) is 0 Å². The molecule has 3 rings (SSSR count). The van der Waals surface area contributed by atoms with Crippen molar-refractivity contribution in [3.63, 3.8) is 0 Å². The highest BCUT2D eigenvalue weighted by Gasteiger charge is 2.62. The van der Waals surface area contributed by atoms with Crippen molar-refractivity contribution in [3.05, 3.63) is 0 Å². The van der Waals surface area contributed by atoms with Gasteiger partial charge in [-0.25, -0.2) is 4.21 Å². The van der Waals surface area contributed by atoms with Crippen LogP contribution in [-0.4, -0.2) is 15.1 Å². The highest BCUT2D eigenvalue weighted by atomic mass is 32.2. The van der Waals surface area contributed by atoms with Crippen molar-refractivity contribution in [2.45, 2.75) is 37.0 Å². The minimum atomic E-state index is -0.982. The first-order valence-electron chi connectivity index (χ1n) is 4.29. The van der Waals surface area contributed by atoms with E-state index in [1.165, 1.54) is 12.8 Å². The SMILES string of the molecule is CC12CC3CC(OS1=O)C2C3. The Labute approximate surface area is 69.0 Å². The summed E-state index contributed by atoms with van der Waals surface area (Å²) in [5, 5.41) is 0. The van der Waals surface area contributed by atoms with E-state index in [9.17, 15) is 4.21 Å². The second-order valence-corrected chi connectivity index (χ2v) is 5.92. The van der Waals surface area contributed by atoms with Crippen LogP contribution in [0.1, 0.15) is 26.2 Å². The van der Waals surface area contributed by atoms with E-state index in [1.807, 2.05) is 0 Å². The van der Waals surface area contributed by atoms with Gasteiger partial charge in [0.15, 0.2) is 11.1 Å². The van der Waals surface area contributed by atoms with Crippen molar-refractivity contribution in [1.29, 1.82) is 0 Å². The Morgan fingerprint density at radius 3 is 2.91 bits per heavy atom. The van der Waals surface area contributed by atoms with Crippen molar-refractivity contribution in [1.82, 2.24) is 0 Å². The molecular weight excluding hydrogens is 160 g/mol. The van der Waals surface area contributed by atoms with E-state index < -0.39 is 11.1 Å². The van der Waals surface area contributed by atoms with Crippen LogP contribution in [-0.2, 0) is 15.3 Å². The molecule has 1 aliphatic heterocycles. The molecule has 62 valence electrons. The van der Waals surface area contributed by atoms with Crippen LogP contribution in [0, 0.1) is 11.8 Å². The maximum Gasteiger partial charge on any atom is 0.162 e. The van der Waals surface area contributed by atoms with Gasteiger partial charge in [-0.3, -0.25) is 4.18 Å². The Morgan fingerprint density at radius 1 is 1.55 bits per heavy atom. The second kappa shape index (κ2) is 1.72. The summed E-state index contributed by atoms with van der Waals surface area (Å²) in [5.74, 6) is 1.44. The molecule has 5 atom stereocenters. The summed E-state index contributed by atoms with van der Waals surface area (Å²) >= 11 is -0.982. The molecule has 1 saturated heterocycles. The maximum absolute atomic E-state index is 11.5. The quantitative estimate of drug-likeness (QED) is 0.549. The van der Waals surface area contributed by atoms with Gasteiger partial charge in [-0.15, -0.1) is 0 Å². The molecule has 0 aromatic heterocycles. The van der Waals surface area contributed by atoms with Crippen molar-refractivity contribution < 1.29 is 8.39 Å². The molecule has 3 aliphatic rings. The van der Waals surface area contributed by atoms with Crippen molar-refractivity contribution in [2.75, 3.05) is 0 Å². The van der Waals surface area contributed by atoms with Crippen molar-refractivity contribution in [3.8, 4) is 0 Å². The second-order valence-electron chi connectivity index (χ2n) is 4.33. The third kappa shape index (κ3) is 0.607. The van der Waals surface area contributed by atoms with Gasteiger partial charge in [0.05, 0.1) is 10.9 Å². The number of fused-ring (bicyclic) bond motifs is 1. The standard InChI is InChI=1S/C8H12O2S/c1-8-4-5-2-6(8)7(3-5)10-11(8)9/h5-7H,2-4H2,1H3. The zero-order chi connectivity index (χ0) is 7.64.